The van der Waals surface area contributed by atoms with Gasteiger partial charge in [-0.1, -0.05) is 26.0 Å². The third-order valence-electron chi connectivity index (χ3n) is 5.80. The van der Waals surface area contributed by atoms with Crippen molar-refractivity contribution in [2.24, 2.45) is 5.92 Å². The van der Waals surface area contributed by atoms with Crippen LogP contribution < -0.4 is 0 Å². The Labute approximate surface area is 147 Å². The van der Waals surface area contributed by atoms with E-state index in [1.54, 1.807) is 14.0 Å². The summed E-state index contributed by atoms with van der Waals surface area (Å²) in [4.78, 5) is 2.32. The third-order valence-corrected chi connectivity index (χ3v) is 5.80. The van der Waals surface area contributed by atoms with E-state index in [1.807, 2.05) is 0 Å². The van der Waals surface area contributed by atoms with Gasteiger partial charge in [0.15, 0.2) is 0 Å². The predicted octanol–water partition coefficient (Wildman–Crippen LogP) is 2.90. The zero-order valence-electron chi connectivity index (χ0n) is 16.0. The highest BCUT2D eigenvalue weighted by Gasteiger charge is 2.49. The Morgan fingerprint density at radius 3 is 2.83 bits per heavy atom. The van der Waals surface area contributed by atoms with E-state index in [0.717, 1.165) is 44.3 Å². The lowest BCUT2D eigenvalue weighted by Crippen LogP contribution is -2.61. The summed E-state index contributed by atoms with van der Waals surface area (Å²) < 4.78 is 5.47. The Morgan fingerprint density at radius 2 is 2.21 bits per heavy atom. The Morgan fingerprint density at radius 1 is 1.50 bits per heavy atom. The molecule has 2 rings (SSSR count). The van der Waals surface area contributed by atoms with Crippen molar-refractivity contribution in [2.75, 3.05) is 20.2 Å². The van der Waals surface area contributed by atoms with Crippen LogP contribution in [-0.2, 0) is 4.74 Å². The van der Waals surface area contributed by atoms with Crippen molar-refractivity contribution in [1.82, 2.24) is 4.90 Å². The highest BCUT2D eigenvalue weighted by atomic mass is 16.5. The number of aliphatic hydroxyl groups excluding tert-OH is 1. The zero-order chi connectivity index (χ0) is 17.9. The molecule has 0 saturated carbocycles. The minimum atomic E-state index is -1.05. The molecule has 0 aliphatic carbocycles. The van der Waals surface area contributed by atoms with E-state index in [9.17, 15) is 10.2 Å². The first-order valence-electron chi connectivity index (χ1n) is 9.35. The standard InChI is InChI=1S/C20H35NO3/c1-6-17(24-5)15(3)10-9-14(2)12-16-13-21-11-7-8-18(21)20(4,23)19(16)22/h10,12,14,17-19,22-23H,6-9,11,13H2,1-5H3. The van der Waals surface area contributed by atoms with Gasteiger partial charge in [-0.15, -0.1) is 0 Å². The van der Waals surface area contributed by atoms with Gasteiger partial charge in [0.2, 0.25) is 0 Å². The molecule has 5 unspecified atom stereocenters. The van der Waals surface area contributed by atoms with Crippen LogP contribution in [0.1, 0.15) is 53.4 Å². The summed E-state index contributed by atoms with van der Waals surface area (Å²) in [5.74, 6) is 0.328. The average Bonchev–Trinajstić information content (AvgIpc) is 3.01. The topological polar surface area (TPSA) is 52.9 Å². The second-order valence-electron chi connectivity index (χ2n) is 7.79. The predicted molar refractivity (Wildman–Crippen MR) is 97.9 cm³/mol. The van der Waals surface area contributed by atoms with Gasteiger partial charge < -0.3 is 14.9 Å². The molecule has 2 aliphatic heterocycles. The lowest BCUT2D eigenvalue weighted by atomic mass is 9.80. The summed E-state index contributed by atoms with van der Waals surface area (Å²) in [5.41, 5.74) is 1.19. The molecule has 0 radical (unpaired) electrons. The van der Waals surface area contributed by atoms with Crippen LogP contribution in [0.4, 0.5) is 0 Å². The maximum atomic E-state index is 10.8. The Balaban J connectivity index is 2.05. The maximum Gasteiger partial charge on any atom is 0.107 e. The molecule has 0 aromatic heterocycles. The summed E-state index contributed by atoms with van der Waals surface area (Å²) in [7, 11) is 1.75. The first-order valence-corrected chi connectivity index (χ1v) is 9.35. The minimum absolute atomic E-state index is 0.0918. The van der Waals surface area contributed by atoms with Gasteiger partial charge in [0, 0.05) is 19.7 Å². The van der Waals surface area contributed by atoms with Crippen LogP contribution >= 0.6 is 0 Å². The van der Waals surface area contributed by atoms with Gasteiger partial charge in [-0.3, -0.25) is 4.90 Å². The van der Waals surface area contributed by atoms with Gasteiger partial charge in [-0.25, -0.2) is 0 Å². The van der Waals surface area contributed by atoms with Crippen LogP contribution in [-0.4, -0.2) is 59.2 Å². The Hall–Kier alpha value is -0.680. The number of ether oxygens (including phenoxy) is 1. The minimum Gasteiger partial charge on any atom is -0.386 e. The van der Waals surface area contributed by atoms with E-state index >= 15 is 0 Å². The summed E-state index contributed by atoms with van der Waals surface area (Å²) in [6.07, 6.45) is 7.82. The smallest absolute Gasteiger partial charge is 0.107 e. The Bertz CT molecular complexity index is 479. The molecule has 2 heterocycles. The fraction of sp³-hybridized carbons (Fsp3) is 0.800. The molecule has 0 amide bonds. The lowest BCUT2D eigenvalue weighted by Gasteiger charge is -2.46. The van der Waals surface area contributed by atoms with Crippen LogP contribution in [0.3, 0.4) is 0 Å². The van der Waals surface area contributed by atoms with Crippen molar-refractivity contribution in [3.05, 3.63) is 23.3 Å². The highest BCUT2D eigenvalue weighted by Crippen LogP contribution is 2.37. The molecule has 4 heteroatoms. The molecule has 0 aromatic rings. The number of aliphatic hydroxyl groups is 2. The molecule has 2 aliphatic rings. The number of methoxy groups -OCH3 is 1. The van der Waals surface area contributed by atoms with Crippen molar-refractivity contribution in [2.45, 2.75) is 77.2 Å². The summed E-state index contributed by atoms with van der Waals surface area (Å²) in [6, 6.07) is 0.0918. The van der Waals surface area contributed by atoms with Gasteiger partial charge in [-0.05, 0) is 63.1 Å². The van der Waals surface area contributed by atoms with E-state index in [1.165, 1.54) is 5.57 Å². The largest absolute Gasteiger partial charge is 0.386 e. The first kappa shape index (κ1) is 19.6. The quantitative estimate of drug-likeness (QED) is 0.732. The highest BCUT2D eigenvalue weighted by molar-refractivity contribution is 5.24. The van der Waals surface area contributed by atoms with Crippen molar-refractivity contribution < 1.29 is 14.9 Å². The fourth-order valence-corrected chi connectivity index (χ4v) is 4.31. The summed E-state index contributed by atoms with van der Waals surface area (Å²) in [5, 5.41) is 21.4. The van der Waals surface area contributed by atoms with Crippen LogP contribution in [0.2, 0.25) is 0 Å². The van der Waals surface area contributed by atoms with Gasteiger partial charge in [0.25, 0.3) is 0 Å². The van der Waals surface area contributed by atoms with E-state index in [4.69, 9.17) is 4.74 Å². The maximum absolute atomic E-state index is 10.8. The second-order valence-corrected chi connectivity index (χ2v) is 7.79. The SMILES string of the molecule is CCC(OC)C(C)=CCC(C)C=C1CN2CCCC2C(C)(O)C1O. The molecule has 4 nitrogen and oxygen atoms in total. The monoisotopic (exact) mass is 337 g/mol. The van der Waals surface area contributed by atoms with Gasteiger partial charge in [-0.2, -0.15) is 0 Å². The van der Waals surface area contributed by atoms with Crippen molar-refractivity contribution >= 4 is 0 Å². The van der Waals surface area contributed by atoms with Gasteiger partial charge in [0.1, 0.15) is 11.7 Å². The molecular formula is C20H35NO3. The van der Waals surface area contributed by atoms with Crippen LogP contribution in [0, 0.1) is 5.92 Å². The van der Waals surface area contributed by atoms with Crippen molar-refractivity contribution in [1.29, 1.82) is 0 Å². The van der Waals surface area contributed by atoms with Gasteiger partial charge in [0.05, 0.1) is 6.10 Å². The van der Waals surface area contributed by atoms with Crippen LogP contribution in [0.25, 0.3) is 0 Å². The molecule has 0 spiro atoms. The number of nitrogens with zero attached hydrogens (tertiary/aromatic N) is 1. The number of hydrogen-bond acceptors (Lipinski definition) is 4. The van der Waals surface area contributed by atoms with Crippen molar-refractivity contribution in [3.8, 4) is 0 Å². The summed E-state index contributed by atoms with van der Waals surface area (Å²) >= 11 is 0. The molecule has 0 aromatic carbocycles. The second kappa shape index (κ2) is 8.13. The molecule has 24 heavy (non-hydrogen) atoms. The van der Waals surface area contributed by atoms with Crippen LogP contribution in [0.15, 0.2) is 23.3 Å². The number of allylic oxidation sites excluding steroid dienone is 2. The summed E-state index contributed by atoms with van der Waals surface area (Å²) in [6.45, 7) is 10.0. The molecule has 138 valence electrons. The van der Waals surface area contributed by atoms with Crippen LogP contribution in [0.5, 0.6) is 0 Å². The molecule has 0 bridgehead atoms. The number of fused-ring (bicyclic) bond motifs is 1. The molecule has 2 fully saturated rings. The van der Waals surface area contributed by atoms with E-state index in [0.29, 0.717) is 5.92 Å². The van der Waals surface area contributed by atoms with E-state index in [-0.39, 0.29) is 12.1 Å². The third kappa shape index (κ3) is 4.10. The normalized spacial score (nSPS) is 36.0. The first-order chi connectivity index (χ1) is 11.3. The van der Waals surface area contributed by atoms with E-state index in [2.05, 4.69) is 37.8 Å². The number of hydrogen-bond donors (Lipinski definition) is 2. The molecule has 2 N–H and O–H groups in total. The lowest BCUT2D eigenvalue weighted by molar-refractivity contribution is -0.110. The number of rotatable bonds is 6. The van der Waals surface area contributed by atoms with E-state index < -0.39 is 11.7 Å². The van der Waals surface area contributed by atoms with Crippen molar-refractivity contribution in [3.63, 3.8) is 0 Å². The fourth-order valence-electron chi connectivity index (χ4n) is 4.31. The molecule has 2 saturated heterocycles. The average molecular weight is 338 g/mol. The van der Waals surface area contributed by atoms with Gasteiger partial charge >= 0.3 is 0 Å². The Kier molecular flexibility index (Phi) is 6.66. The number of piperidine rings is 1. The zero-order valence-corrected chi connectivity index (χ0v) is 16.0. The molecule has 5 atom stereocenters. The molecular weight excluding hydrogens is 302 g/mol.